The molecule has 3 amide bonds. The number of nitrogens with one attached hydrogen (secondary N) is 4. The van der Waals surface area contributed by atoms with E-state index in [1.807, 2.05) is 63.2 Å². The van der Waals surface area contributed by atoms with Crippen molar-refractivity contribution in [2.75, 3.05) is 0 Å². The molecule has 3 rings (SSSR count). The zero-order valence-corrected chi connectivity index (χ0v) is 22.2. The largest absolute Gasteiger partial charge is 0.352 e. The molecule has 1 aliphatic carbocycles. The Balaban J connectivity index is 1.56. The van der Waals surface area contributed by atoms with Crippen LogP contribution in [0.15, 0.2) is 42.5 Å². The smallest absolute Gasteiger partial charge is 0.239 e. The summed E-state index contributed by atoms with van der Waals surface area (Å²) in [6, 6.07) is 12.2. The highest BCUT2D eigenvalue weighted by Gasteiger charge is 2.39. The second kappa shape index (κ2) is 11.6. The van der Waals surface area contributed by atoms with Gasteiger partial charge < -0.3 is 16.0 Å². The summed E-state index contributed by atoms with van der Waals surface area (Å²) >= 11 is 0. The first kappa shape index (κ1) is 27.9. The summed E-state index contributed by atoms with van der Waals surface area (Å²) in [5.74, 6) is -1.18. The third-order valence-corrected chi connectivity index (χ3v) is 7.79. The maximum absolute atomic E-state index is 13.0. The summed E-state index contributed by atoms with van der Waals surface area (Å²) in [4.78, 5) is 38.0. The topological polar surface area (TPSA) is 140 Å². The molecule has 0 bridgehead atoms. The van der Waals surface area contributed by atoms with E-state index in [1.165, 1.54) is 0 Å². The maximum atomic E-state index is 13.0. The van der Waals surface area contributed by atoms with E-state index in [1.54, 1.807) is 6.92 Å². The predicted molar refractivity (Wildman–Crippen MR) is 143 cm³/mol. The summed E-state index contributed by atoms with van der Waals surface area (Å²) in [5, 5.41) is 10.3. The summed E-state index contributed by atoms with van der Waals surface area (Å²) in [6.07, 6.45) is 1.10. The Morgan fingerprint density at radius 1 is 1.00 bits per heavy atom. The molecule has 0 unspecified atom stereocenters. The van der Waals surface area contributed by atoms with Crippen LogP contribution in [0.1, 0.15) is 58.9 Å². The number of fused-ring (bicyclic) bond motifs is 1. The van der Waals surface area contributed by atoms with Crippen LogP contribution in [0.3, 0.4) is 0 Å². The van der Waals surface area contributed by atoms with Gasteiger partial charge in [-0.2, -0.15) is 0 Å². The molecule has 1 aliphatic rings. The molecule has 1 fully saturated rings. The first-order valence-electron chi connectivity index (χ1n) is 12.2. The lowest BCUT2D eigenvalue weighted by Crippen LogP contribution is -2.52. The lowest BCUT2D eigenvalue weighted by Gasteiger charge is -2.37. The van der Waals surface area contributed by atoms with Crippen LogP contribution in [-0.4, -0.2) is 49.7 Å². The minimum Gasteiger partial charge on any atom is -0.352 e. The van der Waals surface area contributed by atoms with Crippen LogP contribution in [0.2, 0.25) is 0 Å². The van der Waals surface area contributed by atoms with Crippen LogP contribution in [-0.2, 0) is 20.9 Å². The van der Waals surface area contributed by atoms with Crippen molar-refractivity contribution in [3.05, 3.63) is 48.0 Å². The van der Waals surface area contributed by atoms with Gasteiger partial charge in [-0.05, 0) is 56.9 Å². The van der Waals surface area contributed by atoms with Crippen molar-refractivity contribution in [3.8, 4) is 0 Å². The molecule has 2 aromatic rings. The highest BCUT2D eigenvalue weighted by atomic mass is 32.3. The lowest BCUT2D eigenvalue weighted by atomic mass is 10.0. The molecule has 2 aromatic carbocycles. The number of hydrogen-bond donors (Lipinski definition) is 6. The van der Waals surface area contributed by atoms with E-state index in [4.69, 9.17) is 0 Å². The van der Waals surface area contributed by atoms with E-state index in [-0.39, 0.29) is 29.9 Å². The summed E-state index contributed by atoms with van der Waals surface area (Å²) < 4.78 is 23.4. The van der Waals surface area contributed by atoms with Gasteiger partial charge in [-0.3, -0.25) is 23.5 Å². The molecule has 0 aliphatic heterocycles. The molecule has 36 heavy (non-hydrogen) atoms. The Bertz CT molecular complexity index is 1090. The standard InChI is InChI=1S/C26H38N4O5S/c1-17(14-23(31)27-16-19-10-7-9-18-8-5-6-11-21(18)19)28-25(33)22(15-24(32)29-26(2,3)4)30-36(34,35)20-12-13-20/h5-11,17,20,22,30,34-35H,12-16H2,1-4H3,(H,27,31)(H,28,33)(H,29,32)/t17-,22-/m0/s1. The van der Waals surface area contributed by atoms with Crippen LogP contribution in [0, 0.1) is 0 Å². The fourth-order valence-corrected chi connectivity index (χ4v) is 5.53. The molecule has 0 radical (unpaired) electrons. The Kier molecular flexibility index (Phi) is 8.99. The van der Waals surface area contributed by atoms with Gasteiger partial charge >= 0.3 is 0 Å². The average Bonchev–Trinajstić information content (AvgIpc) is 3.62. The fourth-order valence-electron chi connectivity index (χ4n) is 3.93. The first-order valence-corrected chi connectivity index (χ1v) is 13.8. The Labute approximate surface area is 214 Å². The summed E-state index contributed by atoms with van der Waals surface area (Å²) in [7, 11) is -3.21. The Morgan fingerprint density at radius 3 is 2.33 bits per heavy atom. The molecule has 6 N–H and O–H groups in total. The zero-order valence-electron chi connectivity index (χ0n) is 21.3. The Hall–Kier alpha value is -2.66. The average molecular weight is 519 g/mol. The fraction of sp³-hybridized carbons (Fsp3) is 0.500. The number of carbonyl (C=O) groups is 3. The van der Waals surface area contributed by atoms with E-state index in [2.05, 4.69) is 20.7 Å². The molecule has 198 valence electrons. The number of carbonyl (C=O) groups excluding carboxylic acids is 3. The predicted octanol–water partition coefficient (Wildman–Crippen LogP) is 3.44. The highest BCUT2D eigenvalue weighted by molar-refractivity contribution is 8.23. The van der Waals surface area contributed by atoms with Gasteiger partial charge in [0.1, 0.15) is 6.04 Å². The normalized spacial score (nSPS) is 16.2. The lowest BCUT2D eigenvalue weighted by molar-refractivity contribution is -0.129. The van der Waals surface area contributed by atoms with Crippen LogP contribution >= 0.6 is 10.8 Å². The van der Waals surface area contributed by atoms with Gasteiger partial charge in [0.25, 0.3) is 0 Å². The molecule has 2 atom stereocenters. The van der Waals surface area contributed by atoms with Crippen molar-refractivity contribution in [2.45, 2.75) is 82.8 Å². The van der Waals surface area contributed by atoms with Crippen LogP contribution in [0.5, 0.6) is 0 Å². The third-order valence-electron chi connectivity index (χ3n) is 5.76. The van der Waals surface area contributed by atoms with Crippen molar-refractivity contribution in [3.63, 3.8) is 0 Å². The molecule has 0 spiro atoms. The molecular formula is C26H38N4O5S. The quantitative estimate of drug-likeness (QED) is 0.269. The minimum absolute atomic E-state index is 0.0380. The van der Waals surface area contributed by atoms with Crippen molar-refractivity contribution in [1.29, 1.82) is 0 Å². The molecular weight excluding hydrogens is 480 g/mol. The van der Waals surface area contributed by atoms with E-state index in [0.717, 1.165) is 16.3 Å². The van der Waals surface area contributed by atoms with Gasteiger partial charge in [0.15, 0.2) is 0 Å². The second-order valence-electron chi connectivity index (χ2n) is 10.5. The van der Waals surface area contributed by atoms with Gasteiger partial charge in [0, 0.05) is 24.5 Å². The van der Waals surface area contributed by atoms with Gasteiger partial charge in [-0.1, -0.05) is 42.5 Å². The van der Waals surface area contributed by atoms with Crippen molar-refractivity contribution in [2.24, 2.45) is 0 Å². The number of hydrogen-bond acceptors (Lipinski definition) is 6. The van der Waals surface area contributed by atoms with Crippen LogP contribution < -0.4 is 20.7 Å². The Morgan fingerprint density at radius 2 is 1.67 bits per heavy atom. The van der Waals surface area contributed by atoms with E-state index in [9.17, 15) is 23.5 Å². The van der Waals surface area contributed by atoms with E-state index >= 15 is 0 Å². The molecule has 0 heterocycles. The SMILES string of the molecule is C[C@@H](CC(=O)NCc1cccc2ccccc12)NC(=O)[C@H](CC(=O)NC(C)(C)C)NS(O)(O)C1CC1. The summed E-state index contributed by atoms with van der Waals surface area (Å²) in [6.45, 7) is 7.53. The van der Waals surface area contributed by atoms with Crippen molar-refractivity contribution in [1.82, 2.24) is 20.7 Å². The molecule has 0 aromatic heterocycles. The van der Waals surface area contributed by atoms with Gasteiger partial charge in [0.2, 0.25) is 17.7 Å². The molecule has 10 heteroatoms. The second-order valence-corrected chi connectivity index (χ2v) is 12.6. The number of amides is 3. The molecule has 9 nitrogen and oxygen atoms in total. The summed E-state index contributed by atoms with van der Waals surface area (Å²) in [5.41, 5.74) is 0.504. The number of benzene rings is 2. The van der Waals surface area contributed by atoms with E-state index < -0.39 is 34.3 Å². The zero-order chi connectivity index (χ0) is 26.5. The monoisotopic (exact) mass is 518 g/mol. The van der Waals surface area contributed by atoms with Gasteiger partial charge in [-0.25, -0.2) is 4.72 Å². The number of rotatable bonds is 11. The molecule has 1 saturated carbocycles. The van der Waals surface area contributed by atoms with Crippen molar-refractivity contribution >= 4 is 39.3 Å². The van der Waals surface area contributed by atoms with E-state index in [0.29, 0.717) is 19.4 Å². The minimum atomic E-state index is -3.21. The van der Waals surface area contributed by atoms with Gasteiger partial charge in [0.05, 0.1) is 11.7 Å². The highest BCUT2D eigenvalue weighted by Crippen LogP contribution is 2.53. The van der Waals surface area contributed by atoms with Crippen LogP contribution in [0.4, 0.5) is 0 Å². The third kappa shape index (κ3) is 8.48. The first-order chi connectivity index (χ1) is 16.8. The van der Waals surface area contributed by atoms with Crippen molar-refractivity contribution < 1.29 is 23.5 Å². The van der Waals surface area contributed by atoms with Crippen LogP contribution in [0.25, 0.3) is 10.8 Å². The molecule has 0 saturated heterocycles. The maximum Gasteiger partial charge on any atom is 0.239 e. The van der Waals surface area contributed by atoms with Gasteiger partial charge in [-0.15, -0.1) is 10.8 Å².